The highest BCUT2D eigenvalue weighted by atomic mass is 16.5. The fourth-order valence-corrected chi connectivity index (χ4v) is 5.33. The number of aryl methyl sites for hydroxylation is 1. The van der Waals surface area contributed by atoms with Crippen LogP contribution in [-0.4, -0.2) is 103 Å². The maximum atomic E-state index is 13.3. The van der Waals surface area contributed by atoms with E-state index in [2.05, 4.69) is 0 Å². The summed E-state index contributed by atoms with van der Waals surface area (Å²) >= 11 is 0. The smallest absolute Gasteiger partial charge is 0.260 e. The van der Waals surface area contributed by atoms with Gasteiger partial charge in [-0.05, 0) is 63.0 Å². The Balaban J connectivity index is 1.54. The number of hydrogen-bond donors (Lipinski definition) is 0. The van der Waals surface area contributed by atoms with Crippen LogP contribution in [0.5, 0.6) is 5.75 Å². The van der Waals surface area contributed by atoms with Crippen LogP contribution in [0.4, 0.5) is 0 Å². The number of likely N-dealkylation sites (N-methyl/N-ethyl adjacent to an activating group) is 2. The average molecular weight is 529 g/mol. The number of nitrogens with zero attached hydrogens (tertiary/aromatic N) is 4. The summed E-state index contributed by atoms with van der Waals surface area (Å²) in [7, 11) is 5.31. The number of hydrogen-bond acceptors (Lipinski definition) is 5. The van der Waals surface area contributed by atoms with E-state index < -0.39 is 6.04 Å². The number of unbranched alkanes of at least 4 members (excludes halogenated alkanes) is 1. The van der Waals surface area contributed by atoms with E-state index in [1.165, 1.54) is 4.90 Å². The fraction of sp³-hybridized carbons (Fsp3) is 0.655. The molecule has 2 aliphatic heterocycles. The molecule has 1 saturated heterocycles. The molecule has 0 spiro atoms. The van der Waals surface area contributed by atoms with Crippen molar-refractivity contribution in [3.8, 4) is 5.75 Å². The molecule has 9 heteroatoms. The molecule has 3 rings (SSSR count). The lowest BCUT2D eigenvalue weighted by molar-refractivity contribution is -0.145. The van der Waals surface area contributed by atoms with Crippen molar-refractivity contribution in [2.24, 2.45) is 5.92 Å². The lowest BCUT2D eigenvalue weighted by Crippen LogP contribution is -2.49. The summed E-state index contributed by atoms with van der Waals surface area (Å²) in [5, 5.41) is 0. The molecule has 38 heavy (non-hydrogen) atoms. The first-order valence-corrected chi connectivity index (χ1v) is 13.9. The normalized spacial score (nSPS) is 20.1. The third-order valence-electron chi connectivity index (χ3n) is 7.92. The first kappa shape index (κ1) is 29.5. The number of carbonyl (C=O) groups excluding carboxylic acids is 4. The summed E-state index contributed by atoms with van der Waals surface area (Å²) in [4.78, 5) is 57.6. The van der Waals surface area contributed by atoms with Crippen LogP contribution in [0.1, 0.15) is 57.4 Å². The number of ether oxygens (including phenoxy) is 1. The zero-order valence-corrected chi connectivity index (χ0v) is 23.5. The molecule has 0 unspecified atom stereocenters. The summed E-state index contributed by atoms with van der Waals surface area (Å²) in [6, 6.07) is 7.23. The number of fused-ring (bicyclic) bond motifs is 1. The van der Waals surface area contributed by atoms with Crippen molar-refractivity contribution in [3.05, 3.63) is 29.8 Å². The van der Waals surface area contributed by atoms with Gasteiger partial charge in [-0.1, -0.05) is 18.2 Å². The molecule has 4 amide bonds. The van der Waals surface area contributed by atoms with Crippen molar-refractivity contribution in [1.29, 1.82) is 0 Å². The van der Waals surface area contributed by atoms with E-state index in [0.29, 0.717) is 51.9 Å². The molecular weight excluding hydrogens is 484 g/mol. The molecule has 0 aromatic heterocycles. The predicted octanol–water partition coefficient (Wildman–Crippen LogP) is 2.57. The van der Waals surface area contributed by atoms with Crippen LogP contribution >= 0.6 is 0 Å². The first-order valence-electron chi connectivity index (χ1n) is 13.9. The number of para-hydroxylation sites is 1. The maximum absolute atomic E-state index is 13.3. The van der Waals surface area contributed by atoms with Gasteiger partial charge in [0.05, 0.1) is 0 Å². The van der Waals surface area contributed by atoms with Gasteiger partial charge >= 0.3 is 0 Å². The van der Waals surface area contributed by atoms with Gasteiger partial charge in [0.15, 0.2) is 6.61 Å². The highest BCUT2D eigenvalue weighted by Gasteiger charge is 2.30. The zero-order valence-electron chi connectivity index (χ0n) is 23.5. The molecule has 1 fully saturated rings. The van der Waals surface area contributed by atoms with Crippen LogP contribution in [-0.2, 0) is 25.6 Å². The molecule has 0 bridgehead atoms. The van der Waals surface area contributed by atoms with Crippen molar-refractivity contribution >= 4 is 23.6 Å². The van der Waals surface area contributed by atoms with Gasteiger partial charge in [0.25, 0.3) is 5.91 Å². The minimum Gasteiger partial charge on any atom is -0.483 e. The Kier molecular flexibility index (Phi) is 11.0. The monoisotopic (exact) mass is 528 g/mol. The second-order valence-corrected chi connectivity index (χ2v) is 10.7. The highest BCUT2D eigenvalue weighted by molar-refractivity contribution is 5.88. The van der Waals surface area contributed by atoms with Crippen LogP contribution < -0.4 is 4.74 Å². The summed E-state index contributed by atoms with van der Waals surface area (Å²) in [6.07, 6.45) is 6.03. The molecule has 0 radical (unpaired) electrons. The molecular formula is C29H44N4O5. The molecule has 0 aliphatic carbocycles. The molecule has 0 N–H and O–H groups in total. The molecule has 1 aromatic carbocycles. The van der Waals surface area contributed by atoms with Gasteiger partial charge in [-0.25, -0.2) is 0 Å². The number of piperidine rings is 1. The van der Waals surface area contributed by atoms with Gasteiger partial charge in [-0.2, -0.15) is 0 Å². The summed E-state index contributed by atoms with van der Waals surface area (Å²) in [6.45, 7) is 3.96. The van der Waals surface area contributed by atoms with Gasteiger partial charge in [0.1, 0.15) is 11.8 Å². The van der Waals surface area contributed by atoms with Crippen molar-refractivity contribution in [3.63, 3.8) is 0 Å². The van der Waals surface area contributed by atoms with E-state index >= 15 is 0 Å². The summed E-state index contributed by atoms with van der Waals surface area (Å²) in [5.41, 5.74) is 1.08. The van der Waals surface area contributed by atoms with E-state index in [1.807, 2.05) is 38.4 Å². The lowest BCUT2D eigenvalue weighted by atomic mass is 9.95. The number of rotatable bonds is 6. The van der Waals surface area contributed by atoms with E-state index in [9.17, 15) is 19.2 Å². The molecule has 9 nitrogen and oxygen atoms in total. The number of carbonyl (C=O) groups is 4. The van der Waals surface area contributed by atoms with Gasteiger partial charge in [0, 0.05) is 60.2 Å². The van der Waals surface area contributed by atoms with Crippen molar-refractivity contribution < 1.29 is 23.9 Å². The van der Waals surface area contributed by atoms with E-state index in [-0.39, 0.29) is 36.2 Å². The van der Waals surface area contributed by atoms with Crippen molar-refractivity contribution in [2.75, 3.05) is 53.9 Å². The van der Waals surface area contributed by atoms with Gasteiger partial charge in [-0.3, -0.25) is 19.2 Å². The molecule has 2 heterocycles. The maximum Gasteiger partial charge on any atom is 0.260 e. The van der Waals surface area contributed by atoms with Crippen LogP contribution in [0.3, 0.4) is 0 Å². The third kappa shape index (κ3) is 7.95. The Hall–Kier alpha value is -3.10. The Labute approximate surface area is 227 Å². The first-order chi connectivity index (χ1) is 18.2. The summed E-state index contributed by atoms with van der Waals surface area (Å²) in [5.74, 6) is 0.580. The van der Waals surface area contributed by atoms with Crippen LogP contribution in [0.25, 0.3) is 0 Å². The Bertz CT molecular complexity index is 975. The second kappa shape index (κ2) is 14.2. The Morgan fingerprint density at radius 1 is 1.03 bits per heavy atom. The van der Waals surface area contributed by atoms with Crippen molar-refractivity contribution in [1.82, 2.24) is 19.6 Å². The molecule has 1 aromatic rings. The highest BCUT2D eigenvalue weighted by Crippen LogP contribution is 2.22. The van der Waals surface area contributed by atoms with E-state index in [4.69, 9.17) is 4.74 Å². The topological polar surface area (TPSA) is 90.5 Å². The quantitative estimate of drug-likeness (QED) is 0.530. The van der Waals surface area contributed by atoms with E-state index in [1.54, 1.807) is 28.7 Å². The minimum atomic E-state index is -0.566. The SMILES string of the molecule is CC(=O)N1CCC(C(=O)N(C)CCCC[C@H]2C(=O)N(C)CCCCc3ccccc3OCC(=O)N2C)CC1. The van der Waals surface area contributed by atoms with Gasteiger partial charge in [0.2, 0.25) is 17.7 Å². The lowest BCUT2D eigenvalue weighted by Gasteiger charge is -2.33. The Morgan fingerprint density at radius 2 is 1.74 bits per heavy atom. The largest absolute Gasteiger partial charge is 0.483 e. The number of likely N-dealkylation sites (tertiary alicyclic amines) is 1. The molecule has 210 valence electrons. The van der Waals surface area contributed by atoms with Crippen LogP contribution in [0.15, 0.2) is 24.3 Å². The molecule has 0 saturated carbocycles. The summed E-state index contributed by atoms with van der Waals surface area (Å²) < 4.78 is 5.87. The zero-order chi connectivity index (χ0) is 27.7. The average Bonchev–Trinajstić information content (AvgIpc) is 2.93. The van der Waals surface area contributed by atoms with Gasteiger partial charge < -0.3 is 24.3 Å². The second-order valence-electron chi connectivity index (χ2n) is 10.7. The third-order valence-corrected chi connectivity index (χ3v) is 7.92. The minimum absolute atomic E-state index is 0.0462. The molecule has 2 aliphatic rings. The standard InChI is InChI=1S/C29H44N4O5/c1-22(34)33-19-15-24(16-20-33)28(36)30(2)17-10-8-13-25-29(37)31(3)18-9-7-12-23-11-5-6-14-26(23)38-21-27(35)32(25)4/h5-6,11,14,24-25H,7-10,12-13,15-21H2,1-4H3/t25-/m0/s1. The Morgan fingerprint density at radius 3 is 2.45 bits per heavy atom. The number of benzene rings is 1. The van der Waals surface area contributed by atoms with Gasteiger partial charge in [-0.15, -0.1) is 0 Å². The van der Waals surface area contributed by atoms with Crippen LogP contribution in [0, 0.1) is 5.92 Å². The van der Waals surface area contributed by atoms with Crippen LogP contribution in [0.2, 0.25) is 0 Å². The van der Waals surface area contributed by atoms with Crippen molar-refractivity contribution in [2.45, 2.75) is 64.3 Å². The fourth-order valence-electron chi connectivity index (χ4n) is 5.33. The van der Waals surface area contributed by atoms with E-state index in [0.717, 1.165) is 37.0 Å². The number of amides is 4. The predicted molar refractivity (Wildman–Crippen MR) is 146 cm³/mol. The molecule has 1 atom stereocenters.